The van der Waals surface area contributed by atoms with Crippen LogP contribution in [-0.2, 0) is 0 Å². The van der Waals surface area contributed by atoms with E-state index in [0.29, 0.717) is 6.54 Å². The van der Waals surface area contributed by atoms with E-state index in [9.17, 15) is 9.18 Å². The molecule has 0 radical (unpaired) electrons. The molecule has 1 aliphatic rings. The third-order valence-electron chi connectivity index (χ3n) is 1.46. The van der Waals surface area contributed by atoms with Gasteiger partial charge in [-0.2, -0.15) is 0 Å². The molecule has 2 amide bonds. The third-order valence-corrected chi connectivity index (χ3v) is 1.46. The van der Waals surface area contributed by atoms with E-state index in [1.54, 1.807) is 6.92 Å². The minimum absolute atomic E-state index is 0.360. The van der Waals surface area contributed by atoms with E-state index in [0.717, 1.165) is 6.20 Å². The minimum atomic E-state index is -0.981. The van der Waals surface area contributed by atoms with E-state index in [1.807, 2.05) is 0 Å². The molecule has 1 atom stereocenters. The summed E-state index contributed by atoms with van der Waals surface area (Å²) in [6.45, 7) is 2.19. The molecule has 0 fully saturated rings. The lowest BCUT2D eigenvalue weighted by Crippen LogP contribution is -2.51. The largest absolute Gasteiger partial charge is 0.323 e. The van der Waals surface area contributed by atoms with Crippen molar-refractivity contribution < 1.29 is 9.18 Å². The van der Waals surface area contributed by atoms with Crippen molar-refractivity contribution in [3.8, 4) is 0 Å². The van der Waals surface area contributed by atoms with E-state index < -0.39 is 12.0 Å². The SMILES string of the molecule is CCN1C=C(F)C(N)NC1=O. The highest BCUT2D eigenvalue weighted by Gasteiger charge is 2.22. The quantitative estimate of drug-likeness (QED) is 0.571. The van der Waals surface area contributed by atoms with Gasteiger partial charge in [0.15, 0.2) is 5.83 Å². The van der Waals surface area contributed by atoms with Crippen molar-refractivity contribution in [1.82, 2.24) is 10.2 Å². The molecule has 1 unspecified atom stereocenters. The van der Waals surface area contributed by atoms with Crippen molar-refractivity contribution >= 4 is 6.03 Å². The highest BCUT2D eigenvalue weighted by atomic mass is 19.1. The number of nitrogens with one attached hydrogen (secondary N) is 1. The van der Waals surface area contributed by atoms with Gasteiger partial charge in [0, 0.05) is 12.7 Å². The summed E-state index contributed by atoms with van der Waals surface area (Å²) in [6.07, 6.45) is 0.133. The molecular weight excluding hydrogens is 149 g/mol. The van der Waals surface area contributed by atoms with Crippen LogP contribution in [0.4, 0.5) is 9.18 Å². The molecule has 4 nitrogen and oxygen atoms in total. The molecule has 11 heavy (non-hydrogen) atoms. The molecule has 0 saturated carbocycles. The van der Waals surface area contributed by atoms with Gasteiger partial charge >= 0.3 is 6.03 Å². The standard InChI is InChI=1S/C6H10FN3O/c1-2-10-3-4(7)5(8)9-6(10)11/h3,5H,2,8H2,1H3,(H,9,11). The Labute approximate surface area is 63.8 Å². The van der Waals surface area contributed by atoms with Crippen molar-refractivity contribution in [2.24, 2.45) is 5.73 Å². The average Bonchev–Trinajstić information content (AvgIpc) is 1.97. The van der Waals surface area contributed by atoms with E-state index in [2.05, 4.69) is 5.32 Å². The van der Waals surface area contributed by atoms with Crippen LogP contribution in [0.15, 0.2) is 12.0 Å². The lowest BCUT2D eigenvalue weighted by atomic mass is 10.4. The monoisotopic (exact) mass is 159 g/mol. The summed E-state index contributed by atoms with van der Waals surface area (Å²) in [7, 11) is 0. The summed E-state index contributed by atoms with van der Waals surface area (Å²) >= 11 is 0. The molecule has 1 heterocycles. The topological polar surface area (TPSA) is 58.4 Å². The van der Waals surface area contributed by atoms with Crippen LogP contribution in [0.25, 0.3) is 0 Å². The summed E-state index contributed by atoms with van der Waals surface area (Å²) < 4.78 is 12.7. The number of nitrogens with zero attached hydrogens (tertiary/aromatic N) is 1. The zero-order valence-electron chi connectivity index (χ0n) is 6.17. The summed E-state index contributed by atoms with van der Waals surface area (Å²) in [5, 5.41) is 2.25. The Morgan fingerprint density at radius 3 is 3.09 bits per heavy atom. The number of nitrogens with two attached hydrogens (primary N) is 1. The second-order valence-electron chi connectivity index (χ2n) is 2.23. The summed E-state index contributed by atoms with van der Waals surface area (Å²) in [5.74, 6) is -0.522. The first-order valence-corrected chi connectivity index (χ1v) is 3.35. The van der Waals surface area contributed by atoms with E-state index in [-0.39, 0.29) is 6.03 Å². The van der Waals surface area contributed by atoms with Gasteiger partial charge in [-0.15, -0.1) is 0 Å². The third kappa shape index (κ3) is 1.48. The Morgan fingerprint density at radius 2 is 2.55 bits per heavy atom. The van der Waals surface area contributed by atoms with Crippen molar-refractivity contribution in [1.29, 1.82) is 0 Å². The predicted molar refractivity (Wildman–Crippen MR) is 38.1 cm³/mol. The second-order valence-corrected chi connectivity index (χ2v) is 2.23. The smallest absolute Gasteiger partial charge is 0.316 e. The Kier molecular flexibility index (Phi) is 2.09. The molecule has 62 valence electrons. The molecule has 0 aliphatic carbocycles. The maximum absolute atomic E-state index is 12.7. The maximum Gasteiger partial charge on any atom is 0.323 e. The van der Waals surface area contributed by atoms with Gasteiger partial charge in [-0.3, -0.25) is 4.90 Å². The fraction of sp³-hybridized carbons (Fsp3) is 0.500. The molecule has 0 bridgehead atoms. The number of hydrogen-bond donors (Lipinski definition) is 2. The van der Waals surface area contributed by atoms with Crippen molar-refractivity contribution in [3.63, 3.8) is 0 Å². The average molecular weight is 159 g/mol. The van der Waals surface area contributed by atoms with Gasteiger partial charge in [-0.05, 0) is 6.92 Å². The van der Waals surface area contributed by atoms with Crippen LogP contribution in [-0.4, -0.2) is 23.6 Å². The number of urea groups is 1. The van der Waals surface area contributed by atoms with Crippen LogP contribution in [0.5, 0.6) is 0 Å². The Morgan fingerprint density at radius 1 is 1.91 bits per heavy atom. The fourth-order valence-electron chi connectivity index (χ4n) is 0.808. The number of carbonyl (C=O) groups is 1. The Balaban J connectivity index is 2.77. The van der Waals surface area contributed by atoms with Crippen LogP contribution in [0, 0.1) is 0 Å². The van der Waals surface area contributed by atoms with Crippen LogP contribution in [0.2, 0.25) is 0 Å². The highest BCUT2D eigenvalue weighted by molar-refractivity contribution is 5.77. The van der Waals surface area contributed by atoms with Crippen LogP contribution < -0.4 is 11.1 Å². The number of hydrogen-bond acceptors (Lipinski definition) is 2. The van der Waals surface area contributed by atoms with Crippen molar-refractivity contribution in [2.45, 2.75) is 13.1 Å². The van der Waals surface area contributed by atoms with Gasteiger partial charge in [-0.1, -0.05) is 0 Å². The first-order chi connectivity index (χ1) is 5.15. The molecule has 5 heteroatoms. The zero-order valence-corrected chi connectivity index (χ0v) is 6.17. The molecule has 0 aromatic carbocycles. The van der Waals surface area contributed by atoms with E-state index in [4.69, 9.17) is 5.73 Å². The minimum Gasteiger partial charge on any atom is -0.316 e. The first-order valence-electron chi connectivity index (χ1n) is 3.35. The van der Waals surface area contributed by atoms with E-state index in [1.165, 1.54) is 4.90 Å². The fourth-order valence-corrected chi connectivity index (χ4v) is 0.808. The molecule has 0 spiro atoms. The van der Waals surface area contributed by atoms with Gasteiger partial charge in [0.05, 0.1) is 0 Å². The molecule has 0 aromatic heterocycles. The van der Waals surface area contributed by atoms with Gasteiger partial charge in [-0.25, -0.2) is 9.18 Å². The Hall–Kier alpha value is -1.10. The second kappa shape index (κ2) is 2.87. The normalized spacial score (nSPS) is 24.6. The summed E-state index contributed by atoms with van der Waals surface area (Å²) in [4.78, 5) is 12.1. The number of carbonyl (C=O) groups excluding carboxylic acids is 1. The zero-order chi connectivity index (χ0) is 8.43. The van der Waals surface area contributed by atoms with Crippen molar-refractivity contribution in [2.75, 3.05) is 6.54 Å². The van der Waals surface area contributed by atoms with Crippen LogP contribution in [0.1, 0.15) is 6.92 Å². The number of halogens is 1. The van der Waals surface area contributed by atoms with Crippen LogP contribution in [0.3, 0.4) is 0 Å². The number of rotatable bonds is 1. The van der Waals surface area contributed by atoms with E-state index >= 15 is 0 Å². The van der Waals surface area contributed by atoms with Gasteiger partial charge in [0.25, 0.3) is 0 Å². The lowest BCUT2D eigenvalue weighted by molar-refractivity contribution is 0.205. The molecule has 0 saturated heterocycles. The first kappa shape index (κ1) is 8.00. The molecular formula is C6H10FN3O. The van der Waals surface area contributed by atoms with Gasteiger partial charge in [0.1, 0.15) is 6.17 Å². The van der Waals surface area contributed by atoms with Crippen molar-refractivity contribution in [3.05, 3.63) is 12.0 Å². The molecule has 3 N–H and O–H groups in total. The lowest BCUT2D eigenvalue weighted by Gasteiger charge is -2.25. The Bertz CT molecular complexity index is 204. The highest BCUT2D eigenvalue weighted by Crippen LogP contribution is 2.08. The number of amides is 2. The summed E-state index contributed by atoms with van der Waals surface area (Å²) in [6, 6.07) is -0.360. The molecule has 0 aromatic rings. The van der Waals surface area contributed by atoms with Gasteiger partial charge in [0.2, 0.25) is 0 Å². The maximum atomic E-state index is 12.7. The summed E-state index contributed by atoms with van der Waals surface area (Å²) in [5.41, 5.74) is 5.18. The van der Waals surface area contributed by atoms with Crippen LogP contribution >= 0.6 is 0 Å². The molecule has 1 aliphatic heterocycles. The predicted octanol–water partition coefficient (Wildman–Crippen LogP) is 0.127. The molecule has 1 rings (SSSR count). The van der Waals surface area contributed by atoms with Gasteiger partial charge < -0.3 is 11.1 Å².